The summed E-state index contributed by atoms with van der Waals surface area (Å²) in [5, 5.41) is 2.40. The van der Waals surface area contributed by atoms with Crippen molar-refractivity contribution in [2.75, 3.05) is 0 Å². The molecule has 0 saturated heterocycles. The lowest BCUT2D eigenvalue weighted by Crippen LogP contribution is -2.24. The fourth-order valence-corrected chi connectivity index (χ4v) is 1.35. The first-order chi connectivity index (χ1) is 8.61. The summed E-state index contributed by atoms with van der Waals surface area (Å²) < 4.78 is 4.99. The molecule has 0 radical (unpaired) electrons. The molecule has 0 unspecified atom stereocenters. The van der Waals surface area contributed by atoms with Gasteiger partial charge in [-0.25, -0.2) is 4.79 Å². The number of ether oxygens (including phenoxy) is 1. The molecule has 0 bridgehead atoms. The van der Waals surface area contributed by atoms with Crippen LogP contribution in [0.1, 0.15) is 19.4 Å². The number of allylic oxidation sites excluding steroid dienone is 2. The number of carbonyl (C=O) groups is 2. The van der Waals surface area contributed by atoms with Gasteiger partial charge in [0.25, 0.3) is 0 Å². The summed E-state index contributed by atoms with van der Waals surface area (Å²) in [6, 6.07) is 9.34. The molecule has 18 heavy (non-hydrogen) atoms. The molecule has 0 aliphatic carbocycles. The Morgan fingerprint density at radius 1 is 1.33 bits per heavy atom. The van der Waals surface area contributed by atoms with Gasteiger partial charge >= 0.3 is 6.09 Å². The average Bonchev–Trinajstić information content (AvgIpc) is 2.36. The maximum absolute atomic E-state index is 11.4. The summed E-state index contributed by atoms with van der Waals surface area (Å²) in [7, 11) is 0. The van der Waals surface area contributed by atoms with E-state index in [0.29, 0.717) is 6.29 Å². The number of aldehydes is 1. The first kappa shape index (κ1) is 14.0. The minimum absolute atomic E-state index is 0.180. The zero-order chi connectivity index (χ0) is 13.4. The number of benzene rings is 1. The first-order valence-corrected chi connectivity index (χ1v) is 5.76. The van der Waals surface area contributed by atoms with E-state index < -0.39 is 6.09 Å². The van der Waals surface area contributed by atoms with Gasteiger partial charge in [-0.3, -0.25) is 10.1 Å². The third-order valence-electron chi connectivity index (χ3n) is 2.10. The zero-order valence-electron chi connectivity index (χ0n) is 10.6. The quantitative estimate of drug-likeness (QED) is 0.643. The summed E-state index contributed by atoms with van der Waals surface area (Å²) in [5.74, 6) is 0.180. The zero-order valence-corrected chi connectivity index (χ0v) is 10.6. The van der Waals surface area contributed by atoms with Crippen LogP contribution in [0.5, 0.6) is 0 Å². The topological polar surface area (TPSA) is 55.4 Å². The predicted octanol–water partition coefficient (Wildman–Crippen LogP) is 2.65. The van der Waals surface area contributed by atoms with Crippen molar-refractivity contribution in [2.45, 2.75) is 20.5 Å². The van der Waals surface area contributed by atoms with Gasteiger partial charge < -0.3 is 4.74 Å². The normalized spacial score (nSPS) is 11.2. The Kier molecular flexibility index (Phi) is 5.64. The monoisotopic (exact) mass is 247 g/mol. The van der Waals surface area contributed by atoms with E-state index in [-0.39, 0.29) is 18.2 Å². The summed E-state index contributed by atoms with van der Waals surface area (Å²) >= 11 is 0. The summed E-state index contributed by atoms with van der Waals surface area (Å²) in [4.78, 5) is 22.1. The third-order valence-corrected chi connectivity index (χ3v) is 2.10. The van der Waals surface area contributed by atoms with E-state index in [9.17, 15) is 9.59 Å². The first-order valence-electron chi connectivity index (χ1n) is 5.76. The lowest BCUT2D eigenvalue weighted by atomic mass is 10.2. The summed E-state index contributed by atoms with van der Waals surface area (Å²) in [5.41, 5.74) is 1.12. The number of hydrogen-bond acceptors (Lipinski definition) is 3. The highest BCUT2D eigenvalue weighted by Crippen LogP contribution is 2.02. The van der Waals surface area contributed by atoms with Gasteiger partial charge in [0.1, 0.15) is 6.61 Å². The fourth-order valence-electron chi connectivity index (χ4n) is 1.35. The molecule has 0 atom stereocenters. The lowest BCUT2D eigenvalue weighted by Gasteiger charge is -2.07. The van der Waals surface area contributed by atoms with E-state index in [1.54, 1.807) is 6.08 Å². The minimum Gasteiger partial charge on any atom is -0.444 e. The van der Waals surface area contributed by atoms with E-state index in [1.807, 2.05) is 44.2 Å². The molecule has 4 nitrogen and oxygen atoms in total. The number of rotatable bonds is 5. The van der Waals surface area contributed by atoms with Gasteiger partial charge in [0.15, 0.2) is 6.29 Å². The second-order valence-electron chi connectivity index (χ2n) is 4.17. The van der Waals surface area contributed by atoms with Gasteiger partial charge in [-0.15, -0.1) is 0 Å². The van der Waals surface area contributed by atoms with Gasteiger partial charge in [0.05, 0.1) is 5.70 Å². The van der Waals surface area contributed by atoms with Crippen molar-refractivity contribution < 1.29 is 14.3 Å². The molecule has 1 rings (SSSR count). The lowest BCUT2D eigenvalue weighted by molar-refractivity contribution is -0.105. The number of nitrogens with one attached hydrogen (secondary N) is 1. The van der Waals surface area contributed by atoms with Crippen LogP contribution in [0.4, 0.5) is 4.79 Å². The molecule has 1 N–H and O–H groups in total. The van der Waals surface area contributed by atoms with Crippen LogP contribution in [0.2, 0.25) is 0 Å². The van der Waals surface area contributed by atoms with Crippen molar-refractivity contribution in [1.82, 2.24) is 5.32 Å². The van der Waals surface area contributed by atoms with Crippen molar-refractivity contribution in [3.05, 3.63) is 47.7 Å². The molecular weight excluding hydrogens is 230 g/mol. The Bertz CT molecular complexity index is 424. The Morgan fingerprint density at radius 3 is 2.56 bits per heavy atom. The second kappa shape index (κ2) is 7.27. The molecule has 0 heterocycles. The highest BCUT2D eigenvalue weighted by molar-refractivity contribution is 5.81. The molecule has 4 heteroatoms. The van der Waals surface area contributed by atoms with Crippen LogP contribution >= 0.6 is 0 Å². The van der Waals surface area contributed by atoms with Crippen molar-refractivity contribution in [3.63, 3.8) is 0 Å². The smallest absolute Gasteiger partial charge is 0.412 e. The molecule has 0 aromatic heterocycles. The van der Waals surface area contributed by atoms with Gasteiger partial charge in [0, 0.05) is 0 Å². The number of carbonyl (C=O) groups excluding carboxylic acids is 2. The SMILES string of the molecule is CC(C)/C=C(/C=O)NC(=O)OCc1ccccc1. The second-order valence-corrected chi connectivity index (χ2v) is 4.17. The Labute approximate surface area is 107 Å². The molecular formula is C14H17NO3. The van der Waals surface area contributed by atoms with Crippen LogP contribution in [0.15, 0.2) is 42.1 Å². The molecule has 1 aromatic rings. The van der Waals surface area contributed by atoms with E-state index in [0.717, 1.165) is 5.56 Å². The van der Waals surface area contributed by atoms with Crippen molar-refractivity contribution in [2.24, 2.45) is 5.92 Å². The molecule has 1 amide bonds. The van der Waals surface area contributed by atoms with Crippen LogP contribution < -0.4 is 5.32 Å². The number of alkyl carbamates (subject to hydrolysis) is 1. The average molecular weight is 247 g/mol. The molecule has 0 aliphatic rings. The maximum atomic E-state index is 11.4. The Balaban J connectivity index is 2.44. The van der Waals surface area contributed by atoms with Gasteiger partial charge in [-0.2, -0.15) is 0 Å². The minimum atomic E-state index is -0.627. The predicted molar refractivity (Wildman–Crippen MR) is 68.7 cm³/mol. The van der Waals surface area contributed by atoms with Crippen molar-refractivity contribution in [1.29, 1.82) is 0 Å². The number of amides is 1. The standard InChI is InChI=1S/C14H17NO3/c1-11(2)8-13(9-16)15-14(17)18-10-12-6-4-3-5-7-12/h3-9,11H,10H2,1-2H3,(H,15,17)/b13-8-. The Morgan fingerprint density at radius 2 is 2.00 bits per heavy atom. The Hall–Kier alpha value is -2.10. The maximum Gasteiger partial charge on any atom is 0.412 e. The van der Waals surface area contributed by atoms with E-state index >= 15 is 0 Å². The fraction of sp³-hybridized carbons (Fsp3) is 0.286. The van der Waals surface area contributed by atoms with Gasteiger partial charge in [0.2, 0.25) is 0 Å². The molecule has 0 fully saturated rings. The van der Waals surface area contributed by atoms with Crippen LogP contribution in [0, 0.1) is 5.92 Å². The van der Waals surface area contributed by atoms with E-state index in [4.69, 9.17) is 4.74 Å². The van der Waals surface area contributed by atoms with Crippen LogP contribution in [0.3, 0.4) is 0 Å². The summed E-state index contributed by atoms with van der Waals surface area (Å²) in [6.45, 7) is 4.02. The van der Waals surface area contributed by atoms with Crippen molar-refractivity contribution >= 4 is 12.4 Å². The highest BCUT2D eigenvalue weighted by atomic mass is 16.5. The molecule has 0 saturated carbocycles. The van der Waals surface area contributed by atoms with Gasteiger partial charge in [-0.05, 0) is 11.5 Å². The molecule has 1 aromatic carbocycles. The van der Waals surface area contributed by atoms with Crippen LogP contribution in [-0.4, -0.2) is 12.4 Å². The molecule has 96 valence electrons. The highest BCUT2D eigenvalue weighted by Gasteiger charge is 2.05. The summed E-state index contributed by atoms with van der Waals surface area (Å²) in [6.07, 6.45) is 1.64. The molecule has 0 aliphatic heterocycles. The third kappa shape index (κ3) is 5.30. The van der Waals surface area contributed by atoms with Crippen LogP contribution in [0.25, 0.3) is 0 Å². The largest absolute Gasteiger partial charge is 0.444 e. The van der Waals surface area contributed by atoms with Crippen molar-refractivity contribution in [3.8, 4) is 0 Å². The van der Waals surface area contributed by atoms with Gasteiger partial charge in [-0.1, -0.05) is 50.3 Å². The number of hydrogen-bond donors (Lipinski definition) is 1. The molecule has 0 spiro atoms. The van der Waals surface area contributed by atoms with E-state index in [2.05, 4.69) is 5.32 Å². The van der Waals surface area contributed by atoms with E-state index in [1.165, 1.54) is 0 Å². The van der Waals surface area contributed by atoms with Crippen LogP contribution in [-0.2, 0) is 16.1 Å².